The normalized spacial score (nSPS) is 16.9. The van der Waals surface area contributed by atoms with Crippen LogP contribution >= 0.6 is 0 Å². The molecule has 1 saturated carbocycles. The summed E-state index contributed by atoms with van der Waals surface area (Å²) in [4.78, 5) is 11.6. The van der Waals surface area contributed by atoms with E-state index in [4.69, 9.17) is 4.52 Å². The Labute approximate surface area is 107 Å². The first-order valence-electron chi connectivity index (χ1n) is 6.65. The lowest BCUT2D eigenvalue weighted by molar-refractivity contribution is 0.118. The van der Waals surface area contributed by atoms with Crippen LogP contribution in [0, 0.1) is 5.41 Å². The molecule has 1 aliphatic rings. The molecule has 0 aliphatic heterocycles. The standard InChI is InChI=1S/C13H21N3O2/c1-2-5-13(6-3-7-13)10-15-12(17)14-9-11-4-8-18-16-11/h4,8H,2-3,5-7,9-10H2,1H3,(H2,14,15,17). The fraction of sp³-hybridized carbons (Fsp3) is 0.692. The molecule has 1 aromatic rings. The van der Waals surface area contributed by atoms with Crippen LogP contribution in [0.3, 0.4) is 0 Å². The maximum Gasteiger partial charge on any atom is 0.315 e. The summed E-state index contributed by atoms with van der Waals surface area (Å²) >= 11 is 0. The molecule has 0 radical (unpaired) electrons. The van der Waals surface area contributed by atoms with Gasteiger partial charge in [-0.3, -0.25) is 0 Å². The molecule has 0 saturated heterocycles. The number of hydrogen-bond acceptors (Lipinski definition) is 3. The third-order valence-electron chi connectivity index (χ3n) is 3.74. The summed E-state index contributed by atoms with van der Waals surface area (Å²) in [6.45, 7) is 3.39. The quantitative estimate of drug-likeness (QED) is 0.816. The lowest BCUT2D eigenvalue weighted by Crippen LogP contribution is -2.45. The average Bonchev–Trinajstić information content (AvgIpc) is 2.82. The van der Waals surface area contributed by atoms with Gasteiger partial charge in [0, 0.05) is 12.6 Å². The van der Waals surface area contributed by atoms with Gasteiger partial charge >= 0.3 is 6.03 Å². The number of carbonyl (C=O) groups excluding carboxylic acids is 1. The Kier molecular flexibility index (Phi) is 4.23. The van der Waals surface area contributed by atoms with Crippen molar-refractivity contribution in [1.29, 1.82) is 0 Å². The maximum absolute atomic E-state index is 11.6. The van der Waals surface area contributed by atoms with Gasteiger partial charge in [0.15, 0.2) is 0 Å². The summed E-state index contributed by atoms with van der Waals surface area (Å²) in [5.74, 6) is 0. The summed E-state index contributed by atoms with van der Waals surface area (Å²) in [6, 6.07) is 1.62. The van der Waals surface area contributed by atoms with Gasteiger partial charge in [-0.1, -0.05) is 24.9 Å². The molecule has 0 bridgehead atoms. The highest BCUT2D eigenvalue weighted by Crippen LogP contribution is 2.44. The number of rotatable bonds is 6. The molecule has 5 nitrogen and oxygen atoms in total. The molecule has 1 fully saturated rings. The minimum atomic E-state index is -0.125. The number of nitrogens with zero attached hydrogens (tertiary/aromatic N) is 1. The van der Waals surface area contributed by atoms with Gasteiger partial charge in [-0.15, -0.1) is 0 Å². The van der Waals surface area contributed by atoms with E-state index in [-0.39, 0.29) is 6.03 Å². The zero-order chi connectivity index (χ0) is 12.8. The topological polar surface area (TPSA) is 67.2 Å². The predicted molar refractivity (Wildman–Crippen MR) is 67.9 cm³/mol. The highest BCUT2D eigenvalue weighted by Gasteiger charge is 2.35. The lowest BCUT2D eigenvalue weighted by atomic mass is 9.66. The van der Waals surface area contributed by atoms with Crippen molar-refractivity contribution < 1.29 is 9.32 Å². The lowest BCUT2D eigenvalue weighted by Gasteiger charge is -2.42. The number of carbonyl (C=O) groups is 1. The van der Waals surface area contributed by atoms with Crippen molar-refractivity contribution in [2.45, 2.75) is 45.6 Å². The number of hydrogen-bond donors (Lipinski definition) is 2. The number of amides is 2. The molecule has 5 heteroatoms. The van der Waals surface area contributed by atoms with Crippen molar-refractivity contribution in [3.8, 4) is 0 Å². The summed E-state index contributed by atoms with van der Waals surface area (Å²) in [5.41, 5.74) is 1.09. The summed E-state index contributed by atoms with van der Waals surface area (Å²) in [5, 5.41) is 9.48. The molecule has 0 aromatic carbocycles. The Bertz CT molecular complexity index is 372. The third kappa shape index (κ3) is 3.24. The molecule has 1 heterocycles. The molecule has 100 valence electrons. The van der Waals surface area contributed by atoms with E-state index >= 15 is 0 Å². The second-order valence-electron chi connectivity index (χ2n) is 5.13. The van der Waals surface area contributed by atoms with Gasteiger partial charge in [0.1, 0.15) is 12.0 Å². The van der Waals surface area contributed by atoms with E-state index in [1.807, 2.05) is 0 Å². The Morgan fingerprint density at radius 2 is 2.33 bits per heavy atom. The third-order valence-corrected chi connectivity index (χ3v) is 3.74. The zero-order valence-corrected chi connectivity index (χ0v) is 10.9. The van der Waals surface area contributed by atoms with E-state index in [1.54, 1.807) is 6.07 Å². The molecule has 0 atom stereocenters. The fourth-order valence-corrected chi connectivity index (χ4v) is 2.55. The van der Waals surface area contributed by atoms with Crippen molar-refractivity contribution >= 4 is 6.03 Å². The second-order valence-corrected chi connectivity index (χ2v) is 5.13. The van der Waals surface area contributed by atoms with Crippen LogP contribution in [0.25, 0.3) is 0 Å². The number of nitrogens with one attached hydrogen (secondary N) is 2. The van der Waals surface area contributed by atoms with Gasteiger partial charge in [-0.05, 0) is 24.7 Å². The predicted octanol–water partition coefficient (Wildman–Crippen LogP) is 2.44. The van der Waals surface area contributed by atoms with Crippen LogP contribution in [0.2, 0.25) is 0 Å². The number of urea groups is 1. The molecule has 2 N–H and O–H groups in total. The van der Waals surface area contributed by atoms with Crippen LogP contribution in [-0.4, -0.2) is 17.7 Å². The van der Waals surface area contributed by atoms with Crippen LogP contribution < -0.4 is 10.6 Å². The van der Waals surface area contributed by atoms with Gasteiger partial charge in [0.05, 0.1) is 6.54 Å². The van der Waals surface area contributed by atoms with Crippen LogP contribution in [0.5, 0.6) is 0 Å². The minimum Gasteiger partial charge on any atom is -0.364 e. The first kappa shape index (κ1) is 12.9. The van der Waals surface area contributed by atoms with E-state index in [0.717, 1.165) is 12.2 Å². The van der Waals surface area contributed by atoms with Gasteiger partial charge in [0.2, 0.25) is 0 Å². The van der Waals surface area contributed by atoms with Crippen LogP contribution in [0.4, 0.5) is 4.79 Å². The summed E-state index contributed by atoms with van der Waals surface area (Å²) in [7, 11) is 0. The van der Waals surface area contributed by atoms with Crippen molar-refractivity contribution in [1.82, 2.24) is 15.8 Å². The Morgan fingerprint density at radius 1 is 1.50 bits per heavy atom. The SMILES string of the molecule is CCCC1(CNC(=O)NCc2ccon2)CCC1. The van der Waals surface area contributed by atoms with Crippen molar-refractivity contribution in [3.05, 3.63) is 18.0 Å². The molecule has 0 spiro atoms. The highest BCUT2D eigenvalue weighted by molar-refractivity contribution is 5.73. The average molecular weight is 251 g/mol. The largest absolute Gasteiger partial charge is 0.364 e. The molecular formula is C13H21N3O2. The maximum atomic E-state index is 11.6. The van der Waals surface area contributed by atoms with Crippen LogP contribution in [-0.2, 0) is 6.54 Å². The van der Waals surface area contributed by atoms with Gasteiger partial charge in [-0.2, -0.15) is 0 Å². The van der Waals surface area contributed by atoms with Crippen molar-refractivity contribution in [2.24, 2.45) is 5.41 Å². The van der Waals surface area contributed by atoms with E-state index in [1.165, 1.54) is 38.4 Å². The fourth-order valence-electron chi connectivity index (χ4n) is 2.55. The smallest absolute Gasteiger partial charge is 0.315 e. The molecule has 2 amide bonds. The van der Waals surface area contributed by atoms with E-state index in [2.05, 4.69) is 22.7 Å². The minimum absolute atomic E-state index is 0.125. The van der Waals surface area contributed by atoms with E-state index < -0.39 is 0 Å². The molecule has 0 unspecified atom stereocenters. The first-order valence-corrected chi connectivity index (χ1v) is 6.65. The Hall–Kier alpha value is -1.52. The molecule has 1 aliphatic carbocycles. The zero-order valence-electron chi connectivity index (χ0n) is 10.9. The molecule has 2 rings (SSSR count). The Balaban J connectivity index is 1.68. The summed E-state index contributed by atoms with van der Waals surface area (Å²) in [6.07, 6.45) is 7.66. The summed E-state index contributed by atoms with van der Waals surface area (Å²) < 4.78 is 4.70. The van der Waals surface area contributed by atoms with Crippen molar-refractivity contribution in [3.63, 3.8) is 0 Å². The van der Waals surface area contributed by atoms with Gasteiger partial charge in [-0.25, -0.2) is 4.79 Å². The Morgan fingerprint density at radius 3 is 2.89 bits per heavy atom. The van der Waals surface area contributed by atoms with Crippen molar-refractivity contribution in [2.75, 3.05) is 6.54 Å². The highest BCUT2D eigenvalue weighted by atomic mass is 16.5. The van der Waals surface area contributed by atoms with E-state index in [9.17, 15) is 4.79 Å². The monoisotopic (exact) mass is 251 g/mol. The first-order chi connectivity index (χ1) is 8.74. The molecule has 1 aromatic heterocycles. The second kappa shape index (κ2) is 5.89. The van der Waals surface area contributed by atoms with Crippen LogP contribution in [0.1, 0.15) is 44.7 Å². The van der Waals surface area contributed by atoms with Gasteiger partial charge in [0.25, 0.3) is 0 Å². The van der Waals surface area contributed by atoms with E-state index in [0.29, 0.717) is 12.0 Å². The molecular weight excluding hydrogens is 230 g/mol. The van der Waals surface area contributed by atoms with Crippen LogP contribution in [0.15, 0.2) is 16.9 Å². The number of aromatic nitrogens is 1. The van der Waals surface area contributed by atoms with Gasteiger partial charge < -0.3 is 15.2 Å². The molecule has 18 heavy (non-hydrogen) atoms.